The van der Waals surface area contributed by atoms with E-state index in [9.17, 15) is 4.79 Å². The molecule has 0 unspecified atom stereocenters. The minimum absolute atomic E-state index is 0.248. The number of carbonyl (C=O) groups excluding carboxylic acids is 1. The van der Waals surface area contributed by atoms with Crippen molar-refractivity contribution in [1.29, 1.82) is 0 Å². The van der Waals surface area contributed by atoms with Crippen LogP contribution in [0.5, 0.6) is 0 Å². The molecule has 0 aromatic carbocycles. The van der Waals surface area contributed by atoms with Gasteiger partial charge in [0.25, 0.3) is 6.47 Å². The molecular formula is C7H6N2O2S. The largest absolute Gasteiger partial charge is 0.461 e. The summed E-state index contributed by atoms with van der Waals surface area (Å²) < 4.78 is 6.46. The molecular weight excluding hydrogens is 176 g/mol. The van der Waals surface area contributed by atoms with Crippen LogP contribution < -0.4 is 0 Å². The van der Waals surface area contributed by atoms with Crippen molar-refractivity contribution in [3.8, 4) is 0 Å². The van der Waals surface area contributed by atoms with E-state index in [-0.39, 0.29) is 6.61 Å². The first-order chi connectivity index (χ1) is 5.90. The number of hydrogen-bond donors (Lipinski definition) is 0. The van der Waals surface area contributed by atoms with E-state index in [1.807, 2.05) is 22.2 Å². The van der Waals surface area contributed by atoms with Gasteiger partial charge in [-0.3, -0.25) is 9.20 Å². The summed E-state index contributed by atoms with van der Waals surface area (Å²) >= 11 is 1.55. The second kappa shape index (κ2) is 2.94. The third kappa shape index (κ3) is 1.18. The Bertz CT molecular complexity index is 364. The van der Waals surface area contributed by atoms with Gasteiger partial charge in [0.2, 0.25) is 0 Å². The van der Waals surface area contributed by atoms with Gasteiger partial charge in [0.05, 0.1) is 5.69 Å². The van der Waals surface area contributed by atoms with E-state index in [1.54, 1.807) is 11.3 Å². The molecule has 2 rings (SSSR count). The lowest BCUT2D eigenvalue weighted by atomic mass is 10.5. The molecule has 0 saturated carbocycles. The molecule has 0 atom stereocenters. The molecule has 0 aliphatic carbocycles. The van der Waals surface area contributed by atoms with Crippen molar-refractivity contribution < 1.29 is 9.53 Å². The number of ether oxygens (including phenoxy) is 1. The number of fused-ring (bicyclic) bond motifs is 1. The van der Waals surface area contributed by atoms with Gasteiger partial charge in [-0.1, -0.05) is 0 Å². The molecule has 2 aromatic heterocycles. The highest BCUT2D eigenvalue weighted by atomic mass is 32.1. The van der Waals surface area contributed by atoms with Crippen molar-refractivity contribution in [2.75, 3.05) is 0 Å². The summed E-state index contributed by atoms with van der Waals surface area (Å²) in [6, 6.07) is 0. The lowest BCUT2D eigenvalue weighted by Crippen LogP contribution is -1.89. The standard InChI is InChI=1S/C7H6N2O2S/c10-5-11-4-6-3-9-1-2-12-7(9)8-6/h1-3,5H,4H2. The van der Waals surface area contributed by atoms with Gasteiger partial charge in [0.15, 0.2) is 4.96 Å². The molecule has 0 aliphatic rings. The van der Waals surface area contributed by atoms with Gasteiger partial charge in [-0.25, -0.2) is 4.98 Å². The zero-order valence-electron chi connectivity index (χ0n) is 6.14. The maximum atomic E-state index is 9.88. The first kappa shape index (κ1) is 7.30. The third-order valence-electron chi connectivity index (χ3n) is 1.44. The van der Waals surface area contributed by atoms with Crippen molar-refractivity contribution in [2.24, 2.45) is 0 Å². The first-order valence-corrected chi connectivity index (χ1v) is 4.24. The number of hydrogen-bond acceptors (Lipinski definition) is 4. The third-order valence-corrected chi connectivity index (χ3v) is 2.21. The minimum atomic E-state index is 0.248. The summed E-state index contributed by atoms with van der Waals surface area (Å²) in [4.78, 5) is 15.0. The number of rotatable bonds is 3. The Kier molecular flexibility index (Phi) is 1.79. The average Bonchev–Trinajstić information content (AvgIpc) is 2.58. The van der Waals surface area contributed by atoms with Crippen molar-refractivity contribution in [3.05, 3.63) is 23.5 Å². The van der Waals surface area contributed by atoms with Crippen LogP contribution in [0.25, 0.3) is 4.96 Å². The molecule has 0 saturated heterocycles. The maximum absolute atomic E-state index is 9.88. The highest BCUT2D eigenvalue weighted by Gasteiger charge is 2.01. The minimum Gasteiger partial charge on any atom is -0.461 e. The highest BCUT2D eigenvalue weighted by Crippen LogP contribution is 2.11. The van der Waals surface area contributed by atoms with E-state index in [2.05, 4.69) is 9.72 Å². The van der Waals surface area contributed by atoms with Crippen LogP contribution in [-0.4, -0.2) is 15.9 Å². The van der Waals surface area contributed by atoms with Crippen LogP contribution >= 0.6 is 11.3 Å². The van der Waals surface area contributed by atoms with Gasteiger partial charge in [-0.15, -0.1) is 11.3 Å². The molecule has 0 radical (unpaired) electrons. The molecule has 5 heteroatoms. The fraction of sp³-hybridized carbons (Fsp3) is 0.143. The van der Waals surface area contributed by atoms with Crippen LogP contribution in [0.1, 0.15) is 5.69 Å². The number of carbonyl (C=O) groups is 1. The van der Waals surface area contributed by atoms with Crippen LogP contribution in [-0.2, 0) is 16.1 Å². The Balaban J connectivity index is 2.26. The molecule has 0 N–H and O–H groups in total. The smallest absolute Gasteiger partial charge is 0.293 e. The fourth-order valence-corrected chi connectivity index (χ4v) is 1.68. The molecule has 0 aliphatic heterocycles. The predicted octanol–water partition coefficient (Wildman–Crippen LogP) is 1.07. The normalized spacial score (nSPS) is 10.3. The number of thiazole rings is 1. The van der Waals surface area contributed by atoms with E-state index < -0.39 is 0 Å². The maximum Gasteiger partial charge on any atom is 0.293 e. The first-order valence-electron chi connectivity index (χ1n) is 3.36. The SMILES string of the molecule is O=COCc1cn2ccsc2n1. The molecule has 4 nitrogen and oxygen atoms in total. The van der Waals surface area contributed by atoms with E-state index >= 15 is 0 Å². The van der Waals surface area contributed by atoms with E-state index in [0.29, 0.717) is 6.47 Å². The van der Waals surface area contributed by atoms with Gasteiger partial charge in [0, 0.05) is 17.8 Å². The van der Waals surface area contributed by atoms with Crippen molar-refractivity contribution in [1.82, 2.24) is 9.38 Å². The predicted molar refractivity (Wildman–Crippen MR) is 43.9 cm³/mol. The lowest BCUT2D eigenvalue weighted by Gasteiger charge is -1.89. The molecule has 0 spiro atoms. The Morgan fingerprint density at radius 1 is 1.75 bits per heavy atom. The van der Waals surface area contributed by atoms with Gasteiger partial charge in [-0.2, -0.15) is 0 Å². The van der Waals surface area contributed by atoms with Crippen LogP contribution in [0, 0.1) is 0 Å². The lowest BCUT2D eigenvalue weighted by molar-refractivity contribution is -0.129. The summed E-state index contributed by atoms with van der Waals surface area (Å²) in [5.74, 6) is 0. The monoisotopic (exact) mass is 182 g/mol. The highest BCUT2D eigenvalue weighted by molar-refractivity contribution is 7.15. The van der Waals surface area contributed by atoms with Crippen molar-refractivity contribution in [3.63, 3.8) is 0 Å². The number of imidazole rings is 1. The Morgan fingerprint density at radius 3 is 3.42 bits per heavy atom. The van der Waals surface area contributed by atoms with Crippen molar-refractivity contribution in [2.45, 2.75) is 6.61 Å². The van der Waals surface area contributed by atoms with E-state index in [1.165, 1.54) is 0 Å². The summed E-state index contributed by atoms with van der Waals surface area (Å²) in [5.41, 5.74) is 0.772. The second-order valence-corrected chi connectivity index (χ2v) is 3.11. The molecule has 0 bridgehead atoms. The van der Waals surface area contributed by atoms with E-state index in [4.69, 9.17) is 0 Å². The van der Waals surface area contributed by atoms with Crippen LogP contribution in [0.4, 0.5) is 0 Å². The van der Waals surface area contributed by atoms with Crippen molar-refractivity contribution >= 4 is 22.8 Å². The van der Waals surface area contributed by atoms with Crippen LogP contribution in [0.3, 0.4) is 0 Å². The molecule has 12 heavy (non-hydrogen) atoms. The van der Waals surface area contributed by atoms with Gasteiger partial charge >= 0.3 is 0 Å². The molecule has 0 fully saturated rings. The quantitative estimate of drug-likeness (QED) is 0.667. The molecule has 2 heterocycles. The zero-order chi connectivity index (χ0) is 8.39. The van der Waals surface area contributed by atoms with E-state index in [0.717, 1.165) is 10.7 Å². The number of nitrogens with zero attached hydrogens (tertiary/aromatic N) is 2. The summed E-state index contributed by atoms with van der Waals surface area (Å²) in [7, 11) is 0. The van der Waals surface area contributed by atoms with Gasteiger partial charge < -0.3 is 4.74 Å². The number of aromatic nitrogens is 2. The summed E-state index contributed by atoms with van der Waals surface area (Å²) in [5, 5.41) is 1.95. The molecule has 0 amide bonds. The molecule has 62 valence electrons. The Labute approximate surface area is 72.4 Å². The zero-order valence-corrected chi connectivity index (χ0v) is 6.95. The average molecular weight is 182 g/mol. The Hall–Kier alpha value is -1.36. The fourth-order valence-electron chi connectivity index (χ4n) is 0.965. The second-order valence-electron chi connectivity index (χ2n) is 2.23. The van der Waals surface area contributed by atoms with Gasteiger partial charge in [0.1, 0.15) is 6.61 Å². The van der Waals surface area contributed by atoms with Crippen LogP contribution in [0.15, 0.2) is 17.8 Å². The van der Waals surface area contributed by atoms with Gasteiger partial charge in [-0.05, 0) is 0 Å². The molecule has 2 aromatic rings. The topological polar surface area (TPSA) is 43.6 Å². The Morgan fingerprint density at radius 2 is 2.67 bits per heavy atom. The summed E-state index contributed by atoms with van der Waals surface area (Å²) in [6.45, 7) is 0.672. The summed E-state index contributed by atoms with van der Waals surface area (Å²) in [6.07, 6.45) is 3.76. The van der Waals surface area contributed by atoms with Crippen LogP contribution in [0.2, 0.25) is 0 Å².